The molecule has 0 spiro atoms. The Morgan fingerprint density at radius 3 is 2.24 bits per heavy atom. The number of carbonyl (C=O) groups is 2. The molecule has 0 unspecified atom stereocenters. The monoisotopic (exact) mass is 477 g/mol. The Kier molecular flexibility index (Phi) is 8.60. The molecule has 0 saturated heterocycles. The highest BCUT2D eigenvalue weighted by molar-refractivity contribution is 9.10. The number of halogens is 1. The first kappa shape index (κ1) is 22.8. The zero-order chi connectivity index (χ0) is 21.4. The van der Waals surface area contributed by atoms with Crippen molar-refractivity contribution in [3.63, 3.8) is 0 Å². The average Bonchev–Trinajstić information content (AvgIpc) is 2.68. The van der Waals surface area contributed by atoms with Crippen LogP contribution in [0.25, 0.3) is 0 Å². The number of anilines is 2. The van der Waals surface area contributed by atoms with Crippen LogP contribution in [0.3, 0.4) is 0 Å². The van der Waals surface area contributed by atoms with Gasteiger partial charge < -0.3 is 15.4 Å². The van der Waals surface area contributed by atoms with Gasteiger partial charge in [-0.1, -0.05) is 20.8 Å². The van der Waals surface area contributed by atoms with Crippen LogP contribution in [0.5, 0.6) is 5.75 Å². The molecule has 0 atom stereocenters. The summed E-state index contributed by atoms with van der Waals surface area (Å²) in [5, 5.41) is 8.54. The summed E-state index contributed by atoms with van der Waals surface area (Å²) < 4.78 is 6.39. The predicted octanol–water partition coefficient (Wildman–Crippen LogP) is 4.96. The molecule has 0 saturated carbocycles. The number of hydrogen-bond acceptors (Lipinski definition) is 4. The van der Waals surface area contributed by atoms with Crippen LogP contribution in [0, 0.1) is 5.92 Å². The van der Waals surface area contributed by atoms with E-state index in [-0.39, 0.29) is 16.9 Å². The maximum absolute atomic E-state index is 12.4. The lowest BCUT2D eigenvalue weighted by molar-refractivity contribution is -0.115. The summed E-state index contributed by atoms with van der Waals surface area (Å²) >= 11 is 8.64. The maximum atomic E-state index is 12.4. The van der Waals surface area contributed by atoms with Crippen LogP contribution in [-0.4, -0.2) is 23.5 Å². The lowest BCUT2D eigenvalue weighted by Crippen LogP contribution is -2.34. The highest BCUT2D eigenvalue weighted by Crippen LogP contribution is 2.26. The molecule has 29 heavy (non-hydrogen) atoms. The fourth-order valence-electron chi connectivity index (χ4n) is 2.24. The van der Waals surface area contributed by atoms with Crippen molar-refractivity contribution < 1.29 is 14.3 Å². The summed E-state index contributed by atoms with van der Waals surface area (Å²) in [6.07, 6.45) is 0.414. The van der Waals surface area contributed by atoms with Crippen LogP contribution < -0.4 is 20.7 Å². The summed E-state index contributed by atoms with van der Waals surface area (Å²) in [5.41, 5.74) is 1.85. The van der Waals surface area contributed by atoms with Gasteiger partial charge in [-0.25, -0.2) is 0 Å². The number of ether oxygens (including phenoxy) is 1. The smallest absolute Gasteiger partial charge is 0.257 e. The fourth-order valence-corrected chi connectivity index (χ4v) is 2.94. The Morgan fingerprint density at radius 2 is 1.69 bits per heavy atom. The number of rotatable bonds is 7. The Labute approximate surface area is 184 Å². The highest BCUT2D eigenvalue weighted by atomic mass is 79.9. The zero-order valence-electron chi connectivity index (χ0n) is 16.5. The van der Waals surface area contributed by atoms with E-state index in [0.29, 0.717) is 46.1 Å². The molecule has 2 amide bonds. The molecular formula is C21H24BrN3O3S. The molecule has 8 heteroatoms. The number of amides is 2. The molecule has 3 N–H and O–H groups in total. The predicted molar refractivity (Wildman–Crippen MR) is 124 cm³/mol. The van der Waals surface area contributed by atoms with Crippen LogP contribution in [0.15, 0.2) is 46.9 Å². The molecule has 0 bridgehead atoms. The van der Waals surface area contributed by atoms with Gasteiger partial charge in [0, 0.05) is 23.4 Å². The van der Waals surface area contributed by atoms with Crippen molar-refractivity contribution in [3.05, 3.63) is 52.5 Å². The van der Waals surface area contributed by atoms with E-state index in [1.165, 1.54) is 0 Å². The van der Waals surface area contributed by atoms with E-state index in [4.69, 9.17) is 17.0 Å². The summed E-state index contributed by atoms with van der Waals surface area (Å²) in [4.78, 5) is 23.8. The lowest BCUT2D eigenvalue weighted by atomic mass is 10.2. The average molecular weight is 478 g/mol. The molecule has 0 fully saturated rings. The van der Waals surface area contributed by atoms with Gasteiger partial charge in [0.25, 0.3) is 5.91 Å². The van der Waals surface area contributed by atoms with Gasteiger partial charge in [0.05, 0.1) is 11.1 Å². The van der Waals surface area contributed by atoms with E-state index in [2.05, 4.69) is 45.7 Å². The number of nitrogens with one attached hydrogen (secondary N) is 3. The van der Waals surface area contributed by atoms with Crippen LogP contribution >= 0.6 is 28.1 Å². The molecule has 0 aliphatic heterocycles. The number of hydrogen-bond donors (Lipinski definition) is 3. The largest absolute Gasteiger partial charge is 0.492 e. The van der Waals surface area contributed by atoms with E-state index < -0.39 is 0 Å². The van der Waals surface area contributed by atoms with E-state index in [0.717, 1.165) is 0 Å². The zero-order valence-corrected chi connectivity index (χ0v) is 18.9. The molecule has 6 nitrogen and oxygen atoms in total. The summed E-state index contributed by atoms with van der Waals surface area (Å²) in [7, 11) is 0. The van der Waals surface area contributed by atoms with Crippen LogP contribution in [0.4, 0.5) is 11.4 Å². The minimum absolute atomic E-state index is 0.0553. The van der Waals surface area contributed by atoms with Crippen molar-refractivity contribution in [1.29, 1.82) is 0 Å². The van der Waals surface area contributed by atoms with E-state index >= 15 is 0 Å². The van der Waals surface area contributed by atoms with Crippen molar-refractivity contribution in [2.75, 3.05) is 17.2 Å². The molecule has 154 valence electrons. The second kappa shape index (κ2) is 10.9. The van der Waals surface area contributed by atoms with E-state index in [1.54, 1.807) is 49.4 Å². The first-order valence-corrected chi connectivity index (χ1v) is 10.4. The molecule has 0 aliphatic rings. The molecular weight excluding hydrogens is 454 g/mol. The van der Waals surface area contributed by atoms with Gasteiger partial charge in [-0.05, 0) is 76.5 Å². The molecule has 2 aromatic rings. The summed E-state index contributed by atoms with van der Waals surface area (Å²) in [6, 6.07) is 12.2. The van der Waals surface area contributed by atoms with E-state index in [1.807, 2.05) is 0 Å². The van der Waals surface area contributed by atoms with Crippen LogP contribution in [0.1, 0.15) is 37.6 Å². The second-order valence-electron chi connectivity index (χ2n) is 6.74. The van der Waals surface area contributed by atoms with Gasteiger partial charge in [-0.15, -0.1) is 0 Å². The second-order valence-corrected chi connectivity index (χ2v) is 8.00. The minimum Gasteiger partial charge on any atom is -0.492 e. The SMILES string of the molecule is CCC(=O)Nc1ccc(NC(=S)NC(=O)c2ccc(OCC(C)C)c(Br)c2)cc1. The topological polar surface area (TPSA) is 79.5 Å². The number of thiocarbonyl (C=S) groups is 1. The molecule has 2 aromatic carbocycles. The third-order valence-electron chi connectivity index (χ3n) is 3.74. The van der Waals surface area contributed by atoms with Gasteiger partial charge in [-0.3, -0.25) is 14.9 Å². The van der Waals surface area contributed by atoms with Gasteiger partial charge in [0.1, 0.15) is 5.75 Å². The lowest BCUT2D eigenvalue weighted by Gasteiger charge is -2.13. The Morgan fingerprint density at radius 1 is 1.07 bits per heavy atom. The highest BCUT2D eigenvalue weighted by Gasteiger charge is 2.11. The third-order valence-corrected chi connectivity index (χ3v) is 4.56. The number of benzene rings is 2. The Balaban J connectivity index is 1.92. The summed E-state index contributed by atoms with van der Waals surface area (Å²) in [5.74, 6) is 0.710. The first-order chi connectivity index (χ1) is 13.8. The van der Waals surface area contributed by atoms with Crippen molar-refractivity contribution in [3.8, 4) is 5.75 Å². The fraction of sp³-hybridized carbons (Fsp3) is 0.286. The molecule has 0 radical (unpaired) electrons. The number of carbonyl (C=O) groups excluding carboxylic acids is 2. The van der Waals surface area contributed by atoms with Crippen molar-refractivity contribution in [1.82, 2.24) is 5.32 Å². The standard InChI is InChI=1S/C21H24BrN3O3S/c1-4-19(26)23-15-6-8-16(9-7-15)24-21(29)25-20(27)14-5-10-18(17(22)11-14)28-12-13(2)3/h5-11,13H,4,12H2,1-3H3,(H,23,26)(H2,24,25,27,29). The third kappa shape index (κ3) is 7.47. The van der Waals surface area contributed by atoms with Crippen molar-refractivity contribution in [2.24, 2.45) is 5.92 Å². The Hall–Kier alpha value is -2.45. The quantitative estimate of drug-likeness (QED) is 0.491. The molecule has 0 aliphatic carbocycles. The van der Waals surface area contributed by atoms with Gasteiger partial charge in [0.2, 0.25) is 5.91 Å². The molecule has 0 heterocycles. The van der Waals surface area contributed by atoms with Gasteiger partial charge >= 0.3 is 0 Å². The summed E-state index contributed by atoms with van der Waals surface area (Å²) in [6.45, 7) is 6.52. The molecule has 2 rings (SSSR count). The van der Waals surface area contributed by atoms with Gasteiger partial charge in [-0.2, -0.15) is 0 Å². The van der Waals surface area contributed by atoms with Gasteiger partial charge in [0.15, 0.2) is 5.11 Å². The first-order valence-electron chi connectivity index (χ1n) is 9.23. The van der Waals surface area contributed by atoms with Crippen LogP contribution in [0.2, 0.25) is 0 Å². The maximum Gasteiger partial charge on any atom is 0.257 e. The Bertz CT molecular complexity index is 885. The van der Waals surface area contributed by atoms with E-state index in [9.17, 15) is 9.59 Å². The minimum atomic E-state index is -0.328. The van der Waals surface area contributed by atoms with Crippen LogP contribution in [-0.2, 0) is 4.79 Å². The molecule has 0 aromatic heterocycles. The normalized spacial score (nSPS) is 10.4. The van der Waals surface area contributed by atoms with Crippen molar-refractivity contribution >= 4 is 56.4 Å². The van der Waals surface area contributed by atoms with Crippen molar-refractivity contribution in [2.45, 2.75) is 27.2 Å².